The van der Waals surface area contributed by atoms with Gasteiger partial charge in [0.25, 0.3) is 0 Å². The molecule has 0 bridgehead atoms. The lowest BCUT2D eigenvalue weighted by Gasteiger charge is -2.06. The van der Waals surface area contributed by atoms with Gasteiger partial charge in [0.05, 0.1) is 12.5 Å². The molecule has 0 heterocycles. The molecule has 0 saturated carbocycles. The molecule has 0 spiro atoms. The van der Waals surface area contributed by atoms with Crippen molar-refractivity contribution in [1.82, 2.24) is 0 Å². The zero-order chi connectivity index (χ0) is 8.97. The highest BCUT2D eigenvalue weighted by Gasteiger charge is 2.04. The third-order valence-electron chi connectivity index (χ3n) is 1.59. The summed E-state index contributed by atoms with van der Waals surface area (Å²) in [7, 11) is 0. The molecular weight excluding hydrogens is 207 g/mol. The second-order valence-corrected chi connectivity index (χ2v) is 2.96. The summed E-state index contributed by atoms with van der Waals surface area (Å²) in [5, 5.41) is 9.06. The maximum Gasteiger partial charge on any atom is 0.0641 e. The van der Waals surface area contributed by atoms with Crippen molar-refractivity contribution >= 4 is 24.0 Å². The summed E-state index contributed by atoms with van der Waals surface area (Å²) in [4.78, 5) is 0. The summed E-state index contributed by atoms with van der Waals surface area (Å²) in [6, 6.07) is 9.05. The number of nitrogens with two attached hydrogens (primary N) is 1. The third kappa shape index (κ3) is 3.65. The molecule has 0 unspecified atom stereocenters. The molecule has 0 aliphatic rings. The predicted molar refractivity (Wildman–Crippen MR) is 55.9 cm³/mol. The Hall–Kier alpha value is -0.750. The van der Waals surface area contributed by atoms with Crippen LogP contribution in [-0.2, 0) is 0 Å². The molecule has 1 aromatic carbocycles. The average Bonchev–Trinajstić information content (AvgIpc) is 2.05. The Kier molecular flexibility index (Phi) is 5.48. The molecule has 0 aromatic heterocycles. The van der Waals surface area contributed by atoms with Crippen molar-refractivity contribution in [3.8, 4) is 6.07 Å². The van der Waals surface area contributed by atoms with Gasteiger partial charge < -0.3 is 5.73 Å². The van der Waals surface area contributed by atoms with Gasteiger partial charge in [-0.15, -0.1) is 12.4 Å². The largest absolute Gasteiger partial charge is 0.323 e. The summed E-state index contributed by atoms with van der Waals surface area (Å²) in [6.45, 7) is 0. The first-order chi connectivity index (χ1) is 5.74. The van der Waals surface area contributed by atoms with Crippen LogP contribution in [0, 0.1) is 11.3 Å². The molecular formula is C9H10Cl2N2. The van der Waals surface area contributed by atoms with E-state index in [1.165, 1.54) is 0 Å². The molecule has 0 aliphatic carbocycles. The summed E-state index contributed by atoms with van der Waals surface area (Å²) in [5.41, 5.74) is 6.60. The van der Waals surface area contributed by atoms with Crippen molar-refractivity contribution < 1.29 is 0 Å². The van der Waals surface area contributed by atoms with Gasteiger partial charge in [-0.2, -0.15) is 5.26 Å². The van der Waals surface area contributed by atoms with E-state index in [0.717, 1.165) is 5.56 Å². The number of hydrogen-bond donors (Lipinski definition) is 1. The Labute approximate surface area is 88.7 Å². The minimum absolute atomic E-state index is 0. The fourth-order valence-corrected chi connectivity index (χ4v) is 1.15. The van der Waals surface area contributed by atoms with Crippen molar-refractivity contribution in [2.75, 3.05) is 0 Å². The van der Waals surface area contributed by atoms with Crippen molar-refractivity contribution in [1.29, 1.82) is 5.26 Å². The van der Waals surface area contributed by atoms with Crippen LogP contribution in [0.1, 0.15) is 18.0 Å². The van der Waals surface area contributed by atoms with Crippen molar-refractivity contribution in [3.05, 3.63) is 34.9 Å². The third-order valence-corrected chi connectivity index (χ3v) is 1.82. The topological polar surface area (TPSA) is 49.8 Å². The van der Waals surface area contributed by atoms with Gasteiger partial charge in [-0.05, 0) is 17.7 Å². The van der Waals surface area contributed by atoms with E-state index in [0.29, 0.717) is 11.4 Å². The van der Waals surface area contributed by atoms with Gasteiger partial charge in [0.2, 0.25) is 0 Å². The van der Waals surface area contributed by atoms with E-state index >= 15 is 0 Å². The Bertz CT molecular complexity index is 307. The van der Waals surface area contributed by atoms with Gasteiger partial charge >= 0.3 is 0 Å². The van der Waals surface area contributed by atoms with Crippen LogP contribution in [0.3, 0.4) is 0 Å². The highest BCUT2D eigenvalue weighted by molar-refractivity contribution is 6.30. The maximum absolute atomic E-state index is 8.40. The molecule has 0 amide bonds. The van der Waals surface area contributed by atoms with Crippen molar-refractivity contribution in [2.24, 2.45) is 5.73 Å². The number of nitriles is 1. The summed E-state index contributed by atoms with van der Waals surface area (Å²) in [5.74, 6) is 0. The Balaban J connectivity index is 0.00000144. The summed E-state index contributed by atoms with van der Waals surface area (Å²) in [6.07, 6.45) is 0.320. The number of hydrogen-bond acceptors (Lipinski definition) is 2. The highest BCUT2D eigenvalue weighted by atomic mass is 35.5. The lowest BCUT2D eigenvalue weighted by atomic mass is 10.1. The summed E-state index contributed by atoms with van der Waals surface area (Å²) >= 11 is 5.75. The highest BCUT2D eigenvalue weighted by Crippen LogP contribution is 2.17. The molecule has 1 rings (SSSR count). The van der Waals surface area contributed by atoms with Crippen LogP contribution in [0.2, 0.25) is 5.02 Å². The molecule has 0 fully saturated rings. The lowest BCUT2D eigenvalue weighted by Crippen LogP contribution is -2.08. The fraction of sp³-hybridized carbons (Fsp3) is 0.222. The van der Waals surface area contributed by atoms with E-state index in [9.17, 15) is 0 Å². The molecule has 1 atom stereocenters. The van der Waals surface area contributed by atoms with Gasteiger partial charge in [0, 0.05) is 11.1 Å². The molecule has 4 heteroatoms. The molecule has 2 nitrogen and oxygen atoms in total. The quantitative estimate of drug-likeness (QED) is 0.827. The fourth-order valence-electron chi connectivity index (χ4n) is 0.953. The monoisotopic (exact) mass is 216 g/mol. The lowest BCUT2D eigenvalue weighted by molar-refractivity contribution is 0.748. The van der Waals surface area contributed by atoms with Gasteiger partial charge in [-0.25, -0.2) is 0 Å². The Morgan fingerprint density at radius 1 is 1.54 bits per heavy atom. The maximum atomic E-state index is 8.40. The number of rotatable bonds is 2. The Morgan fingerprint density at radius 3 is 2.77 bits per heavy atom. The molecule has 0 aliphatic heterocycles. The molecule has 0 saturated heterocycles. The van der Waals surface area contributed by atoms with E-state index in [-0.39, 0.29) is 18.4 Å². The number of halogens is 2. The average molecular weight is 217 g/mol. The molecule has 0 radical (unpaired) electrons. The van der Waals surface area contributed by atoms with Crippen molar-refractivity contribution in [3.63, 3.8) is 0 Å². The first kappa shape index (κ1) is 12.2. The molecule has 13 heavy (non-hydrogen) atoms. The molecule has 1 aromatic rings. The van der Waals surface area contributed by atoms with Gasteiger partial charge in [-0.1, -0.05) is 23.7 Å². The molecule has 70 valence electrons. The first-order valence-electron chi connectivity index (χ1n) is 3.62. The SMILES string of the molecule is Cl.N#CC[C@@H](N)c1cccc(Cl)c1. The van der Waals surface area contributed by atoms with Gasteiger partial charge in [0.1, 0.15) is 0 Å². The number of benzene rings is 1. The van der Waals surface area contributed by atoms with Crippen LogP contribution >= 0.6 is 24.0 Å². The predicted octanol–water partition coefficient (Wildman–Crippen LogP) is 2.68. The zero-order valence-electron chi connectivity index (χ0n) is 6.90. The zero-order valence-corrected chi connectivity index (χ0v) is 8.48. The van der Waals surface area contributed by atoms with Crippen LogP contribution in [0.5, 0.6) is 0 Å². The minimum Gasteiger partial charge on any atom is -0.323 e. The molecule has 2 N–H and O–H groups in total. The second kappa shape index (κ2) is 5.82. The normalized spacial score (nSPS) is 11.2. The summed E-state index contributed by atoms with van der Waals surface area (Å²) < 4.78 is 0. The smallest absolute Gasteiger partial charge is 0.0641 e. The van der Waals surface area contributed by atoms with Crippen molar-refractivity contribution in [2.45, 2.75) is 12.5 Å². The Morgan fingerprint density at radius 2 is 2.23 bits per heavy atom. The standard InChI is InChI=1S/C9H9ClN2.ClH/c10-8-3-1-2-7(6-8)9(12)4-5-11;/h1-3,6,9H,4,12H2;1H/t9-;/m1./s1. The van der Waals surface area contributed by atoms with Crippen LogP contribution in [0.4, 0.5) is 0 Å². The van der Waals surface area contributed by atoms with E-state index in [2.05, 4.69) is 0 Å². The van der Waals surface area contributed by atoms with Crippen LogP contribution < -0.4 is 5.73 Å². The van der Waals surface area contributed by atoms with E-state index < -0.39 is 0 Å². The van der Waals surface area contributed by atoms with Gasteiger partial charge in [-0.3, -0.25) is 0 Å². The van der Waals surface area contributed by atoms with E-state index in [4.69, 9.17) is 22.6 Å². The van der Waals surface area contributed by atoms with Crippen LogP contribution in [0.25, 0.3) is 0 Å². The minimum atomic E-state index is -0.228. The van der Waals surface area contributed by atoms with Crippen LogP contribution in [0.15, 0.2) is 24.3 Å². The van der Waals surface area contributed by atoms with Gasteiger partial charge in [0.15, 0.2) is 0 Å². The van der Waals surface area contributed by atoms with E-state index in [1.54, 1.807) is 12.1 Å². The second-order valence-electron chi connectivity index (χ2n) is 2.52. The number of nitrogens with zero attached hydrogens (tertiary/aromatic N) is 1. The van der Waals surface area contributed by atoms with Crippen LogP contribution in [-0.4, -0.2) is 0 Å². The van der Waals surface area contributed by atoms with E-state index in [1.807, 2.05) is 18.2 Å². The first-order valence-corrected chi connectivity index (χ1v) is 4.00.